The minimum absolute atomic E-state index is 0. The summed E-state index contributed by atoms with van der Waals surface area (Å²) < 4.78 is 33.7. The second-order valence-electron chi connectivity index (χ2n) is 9.11. The Morgan fingerprint density at radius 3 is 2.46 bits per heavy atom. The predicted molar refractivity (Wildman–Crippen MR) is 150 cm³/mol. The Morgan fingerprint density at radius 1 is 1.11 bits per heavy atom. The minimum atomic E-state index is -3.54. The molecule has 12 heteroatoms. The molecule has 0 unspecified atom stereocenters. The van der Waals surface area contributed by atoms with Gasteiger partial charge in [0.2, 0.25) is 10.0 Å². The van der Waals surface area contributed by atoms with E-state index < -0.39 is 10.0 Å². The zero-order chi connectivity index (χ0) is 25.3. The number of sulfonamides is 1. The first-order valence-electron chi connectivity index (χ1n) is 12.1. The summed E-state index contributed by atoms with van der Waals surface area (Å²) in [5, 5.41) is 1.23. The van der Waals surface area contributed by atoms with Crippen molar-refractivity contribution in [3.05, 3.63) is 52.5 Å². The Labute approximate surface area is 232 Å². The maximum Gasteiger partial charge on any atom is 0.260 e. The van der Waals surface area contributed by atoms with Crippen molar-refractivity contribution in [2.24, 2.45) is 0 Å². The zero-order valence-corrected chi connectivity index (χ0v) is 23.8. The molecule has 0 atom stereocenters. The second-order valence-corrected chi connectivity index (χ2v) is 12.5. The van der Waals surface area contributed by atoms with Gasteiger partial charge in [-0.15, -0.1) is 12.4 Å². The predicted octanol–water partition coefficient (Wildman–Crippen LogP) is 4.44. The maximum absolute atomic E-state index is 13.7. The van der Waals surface area contributed by atoms with Gasteiger partial charge in [0.05, 0.1) is 28.3 Å². The van der Waals surface area contributed by atoms with E-state index in [0.717, 1.165) is 41.7 Å². The first-order valence-corrected chi connectivity index (χ1v) is 14.8. The summed E-state index contributed by atoms with van der Waals surface area (Å²) in [5.41, 5.74) is 2.21. The van der Waals surface area contributed by atoms with Gasteiger partial charge in [-0.2, -0.15) is 4.31 Å². The maximum atomic E-state index is 13.7. The van der Waals surface area contributed by atoms with Crippen LogP contribution in [0, 0.1) is 6.92 Å². The number of rotatable bonds is 7. The van der Waals surface area contributed by atoms with Gasteiger partial charge < -0.3 is 4.74 Å². The lowest BCUT2D eigenvalue weighted by Gasteiger charge is -2.29. The number of amides is 1. The van der Waals surface area contributed by atoms with E-state index in [-0.39, 0.29) is 23.2 Å². The number of hydrogen-bond donors (Lipinski definition) is 0. The van der Waals surface area contributed by atoms with Crippen molar-refractivity contribution in [1.82, 2.24) is 14.2 Å². The van der Waals surface area contributed by atoms with Crippen LogP contribution in [0.2, 0.25) is 5.02 Å². The summed E-state index contributed by atoms with van der Waals surface area (Å²) in [6.07, 6.45) is 1.75. The Kier molecular flexibility index (Phi) is 9.11. The van der Waals surface area contributed by atoms with E-state index in [2.05, 4.69) is 4.90 Å². The van der Waals surface area contributed by atoms with Gasteiger partial charge in [-0.25, -0.2) is 13.4 Å². The number of ether oxygens (including phenoxy) is 1. The molecule has 0 saturated carbocycles. The molecule has 2 saturated heterocycles. The summed E-state index contributed by atoms with van der Waals surface area (Å²) in [7, 11) is -3.54. The Balaban J connectivity index is 0.00000320. The third kappa shape index (κ3) is 6.11. The Bertz CT molecular complexity index is 1350. The van der Waals surface area contributed by atoms with Crippen LogP contribution in [-0.2, 0) is 14.8 Å². The van der Waals surface area contributed by atoms with Crippen LogP contribution in [-0.4, -0.2) is 81.0 Å². The van der Waals surface area contributed by atoms with Crippen LogP contribution in [0.25, 0.3) is 10.2 Å². The van der Waals surface area contributed by atoms with Crippen LogP contribution < -0.4 is 4.90 Å². The monoisotopic (exact) mass is 584 g/mol. The number of fused-ring (bicyclic) bond motifs is 1. The molecule has 2 aliphatic rings. The molecular formula is C25H30Cl2N4O4S2. The van der Waals surface area contributed by atoms with Gasteiger partial charge in [-0.1, -0.05) is 22.9 Å². The van der Waals surface area contributed by atoms with Crippen LogP contribution in [0.15, 0.2) is 41.3 Å². The number of carbonyl (C=O) groups excluding carboxylic acids is 1. The van der Waals surface area contributed by atoms with Crippen LogP contribution >= 0.6 is 35.3 Å². The number of thiazole rings is 1. The van der Waals surface area contributed by atoms with Crippen LogP contribution in [0.3, 0.4) is 0 Å². The average molecular weight is 586 g/mol. The third-order valence-corrected chi connectivity index (χ3v) is 9.82. The summed E-state index contributed by atoms with van der Waals surface area (Å²) >= 11 is 7.69. The van der Waals surface area contributed by atoms with Crippen molar-refractivity contribution < 1.29 is 17.9 Å². The molecule has 3 aromatic rings. The largest absolute Gasteiger partial charge is 0.379 e. The SMILES string of the molecule is Cc1cc(Cl)cc2sc(N(CCN3CCOCC3)C(=O)c3ccc(S(=O)(=O)N4CCCC4)cc3)nc12.Cl. The molecule has 37 heavy (non-hydrogen) atoms. The highest BCUT2D eigenvalue weighted by atomic mass is 35.5. The quantitative estimate of drug-likeness (QED) is 0.408. The molecule has 2 aliphatic heterocycles. The molecule has 200 valence electrons. The van der Waals surface area contributed by atoms with E-state index in [1.54, 1.807) is 17.0 Å². The van der Waals surface area contributed by atoms with Crippen molar-refractivity contribution in [1.29, 1.82) is 0 Å². The lowest BCUT2D eigenvalue weighted by atomic mass is 10.2. The fraction of sp³-hybridized carbons (Fsp3) is 0.440. The lowest BCUT2D eigenvalue weighted by Crippen LogP contribution is -2.43. The highest BCUT2D eigenvalue weighted by Crippen LogP contribution is 2.34. The summed E-state index contributed by atoms with van der Waals surface area (Å²) in [4.78, 5) is 22.7. The lowest BCUT2D eigenvalue weighted by molar-refractivity contribution is 0.0391. The highest BCUT2D eigenvalue weighted by molar-refractivity contribution is 7.89. The first kappa shape index (κ1) is 28.2. The molecule has 5 rings (SSSR count). The molecule has 2 fully saturated rings. The van der Waals surface area contributed by atoms with Crippen LogP contribution in [0.5, 0.6) is 0 Å². The van der Waals surface area contributed by atoms with Crippen molar-refractivity contribution >= 4 is 66.6 Å². The van der Waals surface area contributed by atoms with Crippen molar-refractivity contribution in [2.45, 2.75) is 24.7 Å². The number of hydrogen-bond acceptors (Lipinski definition) is 7. The molecule has 0 aliphatic carbocycles. The van der Waals surface area contributed by atoms with Gasteiger partial charge in [-0.05, 0) is 61.7 Å². The molecular weight excluding hydrogens is 555 g/mol. The first-order chi connectivity index (χ1) is 17.3. The van der Waals surface area contributed by atoms with Crippen LogP contribution in [0.4, 0.5) is 5.13 Å². The van der Waals surface area contributed by atoms with Crippen molar-refractivity contribution in [3.8, 4) is 0 Å². The van der Waals surface area contributed by atoms with Gasteiger partial charge in [-0.3, -0.25) is 14.6 Å². The van der Waals surface area contributed by atoms with Crippen molar-refractivity contribution in [3.63, 3.8) is 0 Å². The number of halogens is 2. The number of carbonyl (C=O) groups is 1. The smallest absolute Gasteiger partial charge is 0.260 e. The fourth-order valence-electron chi connectivity index (χ4n) is 4.61. The average Bonchev–Trinajstić information content (AvgIpc) is 3.56. The molecule has 0 N–H and O–H groups in total. The number of nitrogens with zero attached hydrogens (tertiary/aromatic N) is 4. The summed E-state index contributed by atoms with van der Waals surface area (Å²) in [5.74, 6) is -0.212. The van der Waals surface area contributed by atoms with Gasteiger partial charge in [0.1, 0.15) is 0 Å². The number of aromatic nitrogens is 1. The van der Waals surface area contributed by atoms with Crippen LogP contribution in [0.1, 0.15) is 28.8 Å². The Hall–Kier alpha value is -1.79. The van der Waals surface area contributed by atoms with Gasteiger partial charge in [0.15, 0.2) is 5.13 Å². The van der Waals surface area contributed by atoms with E-state index in [0.29, 0.717) is 55.1 Å². The number of morpholine rings is 1. The Morgan fingerprint density at radius 2 is 1.78 bits per heavy atom. The van der Waals surface area contributed by atoms with Gasteiger partial charge >= 0.3 is 0 Å². The minimum Gasteiger partial charge on any atom is -0.379 e. The molecule has 0 radical (unpaired) electrons. The molecule has 8 nitrogen and oxygen atoms in total. The standard InChI is InChI=1S/C25H29ClN4O4S2.ClH/c1-18-16-20(26)17-22-23(18)27-25(35-22)30(11-10-28-12-14-34-15-13-28)24(31)19-4-6-21(7-5-19)36(32,33)29-8-2-3-9-29;/h4-7,16-17H,2-3,8-15H2,1H3;1H. The third-order valence-electron chi connectivity index (χ3n) is 6.66. The van der Waals surface area contributed by atoms with E-state index in [1.165, 1.54) is 27.8 Å². The molecule has 2 aromatic carbocycles. The van der Waals surface area contributed by atoms with E-state index in [4.69, 9.17) is 21.3 Å². The number of anilines is 1. The topological polar surface area (TPSA) is 83.0 Å². The van der Waals surface area contributed by atoms with Crippen molar-refractivity contribution in [2.75, 3.05) is 57.4 Å². The molecule has 0 bridgehead atoms. The molecule has 1 amide bonds. The normalized spacial score (nSPS) is 17.1. The number of benzene rings is 2. The van der Waals surface area contributed by atoms with Gasteiger partial charge in [0, 0.05) is 49.9 Å². The van der Waals surface area contributed by atoms with E-state index in [1.807, 2.05) is 19.1 Å². The molecule has 0 spiro atoms. The van der Waals surface area contributed by atoms with Gasteiger partial charge in [0.25, 0.3) is 5.91 Å². The van der Waals surface area contributed by atoms with E-state index in [9.17, 15) is 13.2 Å². The molecule has 3 heterocycles. The fourth-order valence-corrected chi connectivity index (χ4v) is 7.57. The highest BCUT2D eigenvalue weighted by Gasteiger charge is 2.28. The number of aryl methyl sites for hydroxylation is 1. The second kappa shape index (κ2) is 11.9. The molecule has 1 aromatic heterocycles. The summed E-state index contributed by atoms with van der Waals surface area (Å²) in [6, 6.07) is 10.00. The van der Waals surface area contributed by atoms with E-state index >= 15 is 0 Å². The zero-order valence-electron chi connectivity index (χ0n) is 20.6. The summed E-state index contributed by atoms with van der Waals surface area (Å²) in [6.45, 7) is 7.18.